The van der Waals surface area contributed by atoms with Gasteiger partial charge in [-0.1, -0.05) is 32.0 Å². The third-order valence-corrected chi connectivity index (χ3v) is 3.99. The molecule has 0 aliphatic heterocycles. The Morgan fingerprint density at radius 1 is 1.15 bits per heavy atom. The van der Waals surface area contributed by atoms with Crippen molar-refractivity contribution in [1.29, 1.82) is 0 Å². The van der Waals surface area contributed by atoms with Crippen molar-refractivity contribution < 1.29 is 4.74 Å². The summed E-state index contributed by atoms with van der Waals surface area (Å²) in [7, 11) is 0. The summed E-state index contributed by atoms with van der Waals surface area (Å²) < 4.78 is 5.99. The van der Waals surface area contributed by atoms with E-state index in [-0.39, 0.29) is 5.28 Å². The highest BCUT2D eigenvalue weighted by Crippen LogP contribution is 2.34. The zero-order valence-corrected chi connectivity index (χ0v) is 12.7. The lowest BCUT2D eigenvalue weighted by molar-refractivity contribution is 0.459. The molecule has 0 radical (unpaired) electrons. The number of halogens is 1. The molecule has 0 saturated carbocycles. The molecule has 0 spiro atoms. The van der Waals surface area contributed by atoms with Crippen LogP contribution >= 0.6 is 22.9 Å². The minimum Gasteiger partial charge on any atom is -0.438 e. The number of rotatable bonds is 3. The number of thiophene rings is 1. The molecule has 0 aliphatic rings. The lowest BCUT2D eigenvalue weighted by Crippen LogP contribution is -1.96. The van der Waals surface area contributed by atoms with E-state index in [2.05, 4.69) is 29.9 Å². The molecule has 0 bridgehead atoms. The minimum absolute atomic E-state index is 0.206. The van der Waals surface area contributed by atoms with E-state index < -0.39 is 0 Å². The fraction of sp³-hybridized carbons (Fsp3) is 0.200. The van der Waals surface area contributed by atoms with Crippen molar-refractivity contribution in [2.24, 2.45) is 0 Å². The zero-order chi connectivity index (χ0) is 14.1. The Morgan fingerprint density at radius 2 is 1.95 bits per heavy atom. The van der Waals surface area contributed by atoms with Crippen molar-refractivity contribution in [3.63, 3.8) is 0 Å². The molecule has 0 fully saturated rings. The van der Waals surface area contributed by atoms with Crippen molar-refractivity contribution in [3.8, 4) is 11.6 Å². The predicted molar refractivity (Wildman–Crippen MR) is 83.0 cm³/mol. The van der Waals surface area contributed by atoms with E-state index in [0.29, 0.717) is 11.8 Å². The SMILES string of the molecule is CC(C)c1ccccc1Oc1nc(Cl)nc2sccc12. The normalized spacial score (nSPS) is 11.2. The fourth-order valence-electron chi connectivity index (χ4n) is 2.04. The van der Waals surface area contributed by atoms with Crippen LogP contribution in [0, 0.1) is 0 Å². The highest BCUT2D eigenvalue weighted by molar-refractivity contribution is 7.16. The van der Waals surface area contributed by atoms with Gasteiger partial charge in [-0.15, -0.1) is 11.3 Å². The largest absolute Gasteiger partial charge is 0.438 e. The molecule has 2 heterocycles. The second-order valence-electron chi connectivity index (χ2n) is 4.73. The van der Waals surface area contributed by atoms with Gasteiger partial charge < -0.3 is 4.74 Å². The Kier molecular flexibility index (Phi) is 3.59. The van der Waals surface area contributed by atoms with Gasteiger partial charge in [-0.3, -0.25) is 0 Å². The third-order valence-electron chi connectivity index (χ3n) is 3.01. The van der Waals surface area contributed by atoms with Crippen LogP contribution in [0.4, 0.5) is 0 Å². The maximum absolute atomic E-state index is 5.99. The quantitative estimate of drug-likeness (QED) is 0.619. The number of para-hydroxylation sites is 1. The van der Waals surface area contributed by atoms with E-state index in [9.17, 15) is 0 Å². The lowest BCUT2D eigenvalue weighted by atomic mass is 10.0. The van der Waals surface area contributed by atoms with Gasteiger partial charge in [0, 0.05) is 0 Å². The number of nitrogens with zero attached hydrogens (tertiary/aromatic N) is 2. The summed E-state index contributed by atoms with van der Waals surface area (Å²) in [6.45, 7) is 4.27. The van der Waals surface area contributed by atoms with Crippen molar-refractivity contribution in [1.82, 2.24) is 9.97 Å². The molecule has 102 valence electrons. The van der Waals surface area contributed by atoms with Crippen molar-refractivity contribution >= 4 is 33.2 Å². The van der Waals surface area contributed by atoms with Crippen molar-refractivity contribution in [2.75, 3.05) is 0 Å². The maximum atomic E-state index is 5.99. The number of aromatic nitrogens is 2. The molecule has 0 aliphatic carbocycles. The Balaban J connectivity index is 2.08. The molecule has 3 nitrogen and oxygen atoms in total. The van der Waals surface area contributed by atoms with E-state index in [0.717, 1.165) is 21.5 Å². The minimum atomic E-state index is 0.206. The smallest absolute Gasteiger partial charge is 0.232 e. The summed E-state index contributed by atoms with van der Waals surface area (Å²) in [4.78, 5) is 9.23. The average Bonchev–Trinajstić information content (AvgIpc) is 2.87. The predicted octanol–water partition coefficient (Wildman–Crippen LogP) is 5.26. The number of hydrogen-bond acceptors (Lipinski definition) is 4. The topological polar surface area (TPSA) is 35.0 Å². The maximum Gasteiger partial charge on any atom is 0.232 e. The Morgan fingerprint density at radius 3 is 2.75 bits per heavy atom. The van der Waals surface area contributed by atoms with Gasteiger partial charge in [0.2, 0.25) is 11.2 Å². The molecule has 0 N–H and O–H groups in total. The van der Waals surface area contributed by atoms with Crippen molar-refractivity contribution in [2.45, 2.75) is 19.8 Å². The first-order valence-corrected chi connectivity index (χ1v) is 7.58. The molecule has 0 atom stereocenters. The lowest BCUT2D eigenvalue weighted by Gasteiger charge is -2.13. The molecular formula is C15H13ClN2OS. The van der Waals surface area contributed by atoms with Crippen LogP contribution in [0.15, 0.2) is 35.7 Å². The van der Waals surface area contributed by atoms with E-state index in [1.54, 1.807) is 0 Å². The summed E-state index contributed by atoms with van der Waals surface area (Å²) >= 11 is 7.47. The van der Waals surface area contributed by atoms with Crippen LogP contribution < -0.4 is 4.74 Å². The van der Waals surface area contributed by atoms with Crippen LogP contribution in [0.5, 0.6) is 11.6 Å². The highest BCUT2D eigenvalue weighted by atomic mass is 35.5. The summed E-state index contributed by atoms with van der Waals surface area (Å²) in [5.41, 5.74) is 1.14. The summed E-state index contributed by atoms with van der Waals surface area (Å²) in [6.07, 6.45) is 0. The first-order chi connectivity index (χ1) is 9.65. The molecule has 0 amide bonds. The Bertz CT molecular complexity index is 754. The van der Waals surface area contributed by atoms with Gasteiger partial charge in [-0.05, 0) is 40.6 Å². The fourth-order valence-corrected chi connectivity index (χ4v) is 3.00. The van der Waals surface area contributed by atoms with E-state index in [4.69, 9.17) is 16.3 Å². The van der Waals surface area contributed by atoms with E-state index in [1.165, 1.54) is 11.3 Å². The first kappa shape index (κ1) is 13.3. The Hall–Kier alpha value is -1.65. The standard InChI is InChI=1S/C15H13ClN2OS/c1-9(2)10-5-3-4-6-12(10)19-13-11-7-8-20-14(11)18-15(16)17-13/h3-9H,1-2H3. The van der Waals surface area contributed by atoms with E-state index >= 15 is 0 Å². The molecular weight excluding hydrogens is 292 g/mol. The van der Waals surface area contributed by atoms with E-state index in [1.807, 2.05) is 29.6 Å². The van der Waals surface area contributed by atoms with Crippen LogP contribution in [0.3, 0.4) is 0 Å². The number of hydrogen-bond donors (Lipinski definition) is 0. The van der Waals surface area contributed by atoms with Crippen molar-refractivity contribution in [3.05, 3.63) is 46.6 Å². The molecule has 3 aromatic rings. The number of ether oxygens (including phenoxy) is 1. The number of benzene rings is 1. The Labute approximate surface area is 126 Å². The molecule has 3 rings (SSSR count). The second-order valence-corrected chi connectivity index (χ2v) is 5.96. The third kappa shape index (κ3) is 2.49. The van der Waals surface area contributed by atoms with Gasteiger partial charge in [0.05, 0.1) is 5.39 Å². The molecule has 5 heteroatoms. The van der Waals surface area contributed by atoms with Gasteiger partial charge in [0.1, 0.15) is 10.6 Å². The van der Waals surface area contributed by atoms with Gasteiger partial charge in [-0.2, -0.15) is 4.98 Å². The van der Waals surface area contributed by atoms with Gasteiger partial charge in [0.25, 0.3) is 0 Å². The molecule has 1 aromatic carbocycles. The molecule has 20 heavy (non-hydrogen) atoms. The molecule has 0 saturated heterocycles. The van der Waals surface area contributed by atoms with Crippen LogP contribution in [0.2, 0.25) is 5.28 Å². The number of fused-ring (bicyclic) bond motifs is 1. The molecule has 0 unspecified atom stereocenters. The summed E-state index contributed by atoms with van der Waals surface area (Å²) in [5.74, 6) is 1.69. The summed E-state index contributed by atoms with van der Waals surface area (Å²) in [6, 6.07) is 9.92. The van der Waals surface area contributed by atoms with Gasteiger partial charge in [-0.25, -0.2) is 4.98 Å². The van der Waals surface area contributed by atoms with Crippen LogP contribution in [0.1, 0.15) is 25.3 Å². The second kappa shape index (κ2) is 5.38. The monoisotopic (exact) mass is 304 g/mol. The van der Waals surface area contributed by atoms with Gasteiger partial charge >= 0.3 is 0 Å². The van der Waals surface area contributed by atoms with Crippen LogP contribution in [-0.2, 0) is 0 Å². The molecule has 2 aromatic heterocycles. The highest BCUT2D eigenvalue weighted by Gasteiger charge is 2.13. The summed E-state index contributed by atoms with van der Waals surface area (Å²) in [5, 5.41) is 3.05. The van der Waals surface area contributed by atoms with Gasteiger partial charge in [0.15, 0.2) is 0 Å². The van der Waals surface area contributed by atoms with Crippen LogP contribution in [-0.4, -0.2) is 9.97 Å². The zero-order valence-electron chi connectivity index (χ0n) is 11.1. The van der Waals surface area contributed by atoms with Crippen LogP contribution in [0.25, 0.3) is 10.2 Å². The average molecular weight is 305 g/mol. The first-order valence-electron chi connectivity index (χ1n) is 6.32.